The van der Waals surface area contributed by atoms with Crippen molar-refractivity contribution in [1.29, 1.82) is 0 Å². The lowest BCUT2D eigenvalue weighted by Crippen LogP contribution is -2.51. The Morgan fingerprint density at radius 1 is 1.47 bits per heavy atom. The molecule has 0 fully saturated rings. The Labute approximate surface area is 115 Å². The highest BCUT2D eigenvalue weighted by molar-refractivity contribution is 5.75. The lowest BCUT2D eigenvalue weighted by molar-refractivity contribution is -0.143. The first-order valence-electron chi connectivity index (χ1n) is 6.68. The van der Waals surface area contributed by atoms with Gasteiger partial charge in [-0.05, 0) is 11.8 Å². The first kappa shape index (κ1) is 15.7. The summed E-state index contributed by atoms with van der Waals surface area (Å²) in [6.45, 7) is 9.23. The van der Waals surface area contributed by atoms with E-state index >= 15 is 0 Å². The van der Waals surface area contributed by atoms with Crippen molar-refractivity contribution in [3.63, 3.8) is 0 Å². The Morgan fingerprint density at radius 3 is 2.58 bits per heavy atom. The molecule has 0 aromatic carbocycles. The SMILES string of the molecule is CCC(NC(Cn1ccnc1)C(C)(C)C)C(=O)OC. The van der Waals surface area contributed by atoms with E-state index in [4.69, 9.17) is 4.74 Å². The highest BCUT2D eigenvalue weighted by Gasteiger charge is 2.29. The van der Waals surface area contributed by atoms with E-state index in [0.29, 0.717) is 6.42 Å². The number of aromatic nitrogens is 2. The molecule has 1 heterocycles. The molecule has 0 spiro atoms. The van der Waals surface area contributed by atoms with Crippen LogP contribution >= 0.6 is 0 Å². The Hall–Kier alpha value is -1.36. The van der Waals surface area contributed by atoms with Gasteiger partial charge in [-0.15, -0.1) is 0 Å². The van der Waals surface area contributed by atoms with Crippen LogP contribution in [0.2, 0.25) is 0 Å². The summed E-state index contributed by atoms with van der Waals surface area (Å²) >= 11 is 0. The lowest BCUT2D eigenvalue weighted by Gasteiger charge is -2.34. The number of nitrogens with one attached hydrogen (secondary N) is 1. The molecule has 2 atom stereocenters. The molecule has 0 aliphatic heterocycles. The molecule has 1 aromatic rings. The third-order valence-electron chi connectivity index (χ3n) is 3.29. The number of carbonyl (C=O) groups is 1. The summed E-state index contributed by atoms with van der Waals surface area (Å²) in [6, 6.07) is -0.108. The van der Waals surface area contributed by atoms with Crippen molar-refractivity contribution in [2.24, 2.45) is 5.41 Å². The molecule has 19 heavy (non-hydrogen) atoms. The van der Waals surface area contributed by atoms with Gasteiger partial charge in [0.2, 0.25) is 0 Å². The smallest absolute Gasteiger partial charge is 0.322 e. The standard InChI is InChI=1S/C14H25N3O2/c1-6-11(13(18)19-5)16-12(14(2,3)4)9-17-8-7-15-10-17/h7-8,10-12,16H,6,9H2,1-5H3. The molecule has 0 saturated carbocycles. The van der Waals surface area contributed by atoms with Crippen LogP contribution in [0.25, 0.3) is 0 Å². The fourth-order valence-corrected chi connectivity index (χ4v) is 1.92. The Kier molecular flexibility index (Phi) is 5.54. The second-order valence-electron chi connectivity index (χ2n) is 5.83. The first-order chi connectivity index (χ1) is 8.88. The minimum Gasteiger partial charge on any atom is -0.468 e. The second kappa shape index (κ2) is 6.70. The molecule has 2 unspecified atom stereocenters. The van der Waals surface area contributed by atoms with E-state index in [1.807, 2.05) is 17.7 Å². The molecule has 0 aliphatic carbocycles. The fourth-order valence-electron chi connectivity index (χ4n) is 1.92. The zero-order valence-corrected chi connectivity index (χ0v) is 12.5. The number of ether oxygens (including phenoxy) is 1. The molecule has 1 rings (SSSR count). The number of rotatable bonds is 6. The van der Waals surface area contributed by atoms with E-state index in [1.165, 1.54) is 7.11 Å². The van der Waals surface area contributed by atoms with Crippen molar-refractivity contribution in [3.05, 3.63) is 18.7 Å². The number of imidazole rings is 1. The summed E-state index contributed by atoms with van der Waals surface area (Å²) in [6.07, 6.45) is 6.19. The molecule has 0 aliphatic rings. The van der Waals surface area contributed by atoms with E-state index in [2.05, 4.69) is 31.1 Å². The number of hydrogen-bond donors (Lipinski definition) is 1. The zero-order valence-electron chi connectivity index (χ0n) is 12.5. The number of carbonyl (C=O) groups excluding carboxylic acids is 1. The summed E-state index contributed by atoms with van der Waals surface area (Å²) in [5.41, 5.74) is 0.0334. The van der Waals surface area contributed by atoms with Crippen molar-refractivity contribution < 1.29 is 9.53 Å². The number of hydrogen-bond acceptors (Lipinski definition) is 4. The van der Waals surface area contributed by atoms with Crippen molar-refractivity contribution in [2.75, 3.05) is 7.11 Å². The average Bonchev–Trinajstić information content (AvgIpc) is 2.85. The summed E-state index contributed by atoms with van der Waals surface area (Å²) < 4.78 is 6.85. The van der Waals surface area contributed by atoms with Crippen molar-refractivity contribution in [2.45, 2.75) is 52.7 Å². The molecular formula is C14H25N3O2. The van der Waals surface area contributed by atoms with Gasteiger partial charge in [-0.25, -0.2) is 4.98 Å². The average molecular weight is 267 g/mol. The third-order valence-corrected chi connectivity index (χ3v) is 3.29. The predicted octanol–water partition coefficient (Wildman–Crippen LogP) is 1.84. The molecule has 1 N–H and O–H groups in total. The van der Waals surface area contributed by atoms with Gasteiger partial charge in [0.15, 0.2) is 0 Å². The molecule has 0 saturated heterocycles. The van der Waals surface area contributed by atoms with Crippen LogP contribution in [0.15, 0.2) is 18.7 Å². The van der Waals surface area contributed by atoms with Gasteiger partial charge in [0, 0.05) is 25.0 Å². The third kappa shape index (κ3) is 4.67. The Morgan fingerprint density at radius 2 is 2.16 bits per heavy atom. The maximum atomic E-state index is 11.7. The van der Waals surface area contributed by atoms with Crippen molar-refractivity contribution in [3.8, 4) is 0 Å². The van der Waals surface area contributed by atoms with E-state index < -0.39 is 0 Å². The minimum atomic E-state index is -0.266. The molecule has 0 bridgehead atoms. The quantitative estimate of drug-likeness (QED) is 0.799. The van der Waals surface area contributed by atoms with E-state index in [0.717, 1.165) is 6.54 Å². The maximum Gasteiger partial charge on any atom is 0.322 e. The lowest BCUT2D eigenvalue weighted by atomic mass is 9.86. The number of methoxy groups -OCH3 is 1. The molecule has 0 radical (unpaired) electrons. The van der Waals surface area contributed by atoms with Crippen LogP contribution in [0.3, 0.4) is 0 Å². The van der Waals surface area contributed by atoms with Crippen LogP contribution in [0.4, 0.5) is 0 Å². The molecule has 108 valence electrons. The van der Waals surface area contributed by atoms with Crippen LogP contribution in [0, 0.1) is 5.41 Å². The van der Waals surface area contributed by atoms with Gasteiger partial charge in [-0.3, -0.25) is 10.1 Å². The second-order valence-corrected chi connectivity index (χ2v) is 5.83. The van der Waals surface area contributed by atoms with E-state index in [-0.39, 0.29) is 23.5 Å². The Bertz CT molecular complexity index is 382. The Balaban J connectivity index is 2.77. The van der Waals surface area contributed by atoms with Gasteiger partial charge < -0.3 is 9.30 Å². The predicted molar refractivity (Wildman–Crippen MR) is 74.7 cm³/mol. The van der Waals surface area contributed by atoms with Gasteiger partial charge in [0.05, 0.1) is 13.4 Å². The topological polar surface area (TPSA) is 56.2 Å². The van der Waals surface area contributed by atoms with Crippen LogP contribution < -0.4 is 5.32 Å². The molecular weight excluding hydrogens is 242 g/mol. The van der Waals surface area contributed by atoms with Gasteiger partial charge in [-0.1, -0.05) is 27.7 Å². The molecule has 5 heteroatoms. The minimum absolute atomic E-state index is 0.0334. The summed E-state index contributed by atoms with van der Waals surface area (Å²) in [5.74, 6) is -0.206. The molecule has 1 aromatic heterocycles. The van der Waals surface area contributed by atoms with Gasteiger partial charge >= 0.3 is 5.97 Å². The monoisotopic (exact) mass is 267 g/mol. The normalized spacial score (nSPS) is 15.0. The molecule has 0 amide bonds. The summed E-state index contributed by atoms with van der Waals surface area (Å²) in [4.78, 5) is 15.8. The van der Waals surface area contributed by atoms with Crippen LogP contribution in [0.1, 0.15) is 34.1 Å². The first-order valence-corrected chi connectivity index (χ1v) is 6.68. The van der Waals surface area contributed by atoms with Crippen molar-refractivity contribution >= 4 is 5.97 Å². The van der Waals surface area contributed by atoms with E-state index in [9.17, 15) is 4.79 Å². The van der Waals surface area contributed by atoms with Gasteiger partial charge in [-0.2, -0.15) is 0 Å². The number of nitrogens with zero attached hydrogens (tertiary/aromatic N) is 2. The van der Waals surface area contributed by atoms with Gasteiger partial charge in [0.1, 0.15) is 6.04 Å². The van der Waals surface area contributed by atoms with Gasteiger partial charge in [0.25, 0.3) is 0 Å². The maximum absolute atomic E-state index is 11.7. The zero-order chi connectivity index (χ0) is 14.5. The van der Waals surface area contributed by atoms with Crippen LogP contribution in [-0.2, 0) is 16.1 Å². The fraction of sp³-hybridized carbons (Fsp3) is 0.714. The highest BCUT2D eigenvalue weighted by atomic mass is 16.5. The van der Waals surface area contributed by atoms with E-state index in [1.54, 1.807) is 12.5 Å². The van der Waals surface area contributed by atoms with Crippen molar-refractivity contribution in [1.82, 2.24) is 14.9 Å². The highest BCUT2D eigenvalue weighted by Crippen LogP contribution is 2.21. The van der Waals surface area contributed by atoms with Crippen LogP contribution in [-0.4, -0.2) is 34.7 Å². The summed E-state index contributed by atoms with van der Waals surface area (Å²) in [7, 11) is 1.43. The summed E-state index contributed by atoms with van der Waals surface area (Å²) in [5, 5.41) is 3.41. The largest absolute Gasteiger partial charge is 0.468 e. The molecule has 5 nitrogen and oxygen atoms in total. The van der Waals surface area contributed by atoms with Crippen LogP contribution in [0.5, 0.6) is 0 Å². The number of esters is 1.